The lowest BCUT2D eigenvalue weighted by Gasteiger charge is -2.03. The van der Waals surface area contributed by atoms with E-state index in [9.17, 15) is 0 Å². The van der Waals surface area contributed by atoms with Crippen LogP contribution in [0.25, 0.3) is 50.0 Å². The van der Waals surface area contributed by atoms with Gasteiger partial charge in [0, 0.05) is 41.3 Å². The Bertz CT molecular complexity index is 1530. The Kier molecular flexibility index (Phi) is 3.46. The molecule has 30 heavy (non-hydrogen) atoms. The van der Waals surface area contributed by atoms with E-state index in [4.69, 9.17) is 0 Å². The van der Waals surface area contributed by atoms with E-state index in [1.54, 1.807) is 0 Å². The van der Waals surface area contributed by atoms with Gasteiger partial charge in [0.2, 0.25) is 0 Å². The van der Waals surface area contributed by atoms with E-state index in [0.29, 0.717) is 0 Å². The molecule has 0 amide bonds. The third kappa shape index (κ3) is 2.56. The maximum absolute atomic E-state index is 4.61. The second-order valence-corrected chi connectivity index (χ2v) is 7.58. The second-order valence-electron chi connectivity index (χ2n) is 7.58. The maximum Gasteiger partial charge on any atom is 0.116 e. The average Bonchev–Trinajstić information content (AvgIpc) is 3.52. The number of hydrogen-bond donors (Lipinski definition) is 2. The Morgan fingerprint density at radius 1 is 0.933 bits per heavy atom. The van der Waals surface area contributed by atoms with Gasteiger partial charge in [-0.05, 0) is 42.8 Å². The van der Waals surface area contributed by atoms with Crippen molar-refractivity contribution in [3.8, 4) is 28.2 Å². The highest BCUT2D eigenvalue weighted by Crippen LogP contribution is 2.33. The van der Waals surface area contributed by atoms with Gasteiger partial charge in [-0.3, -0.25) is 9.78 Å². The van der Waals surface area contributed by atoms with E-state index < -0.39 is 0 Å². The zero-order chi connectivity index (χ0) is 20.2. The molecule has 0 unspecified atom stereocenters. The number of nitrogens with one attached hydrogen (secondary N) is 2. The summed E-state index contributed by atoms with van der Waals surface area (Å²) in [6.45, 7) is 1.99. The van der Waals surface area contributed by atoms with E-state index >= 15 is 0 Å². The molecule has 0 atom stereocenters. The molecule has 6 aromatic rings. The van der Waals surface area contributed by atoms with Crippen molar-refractivity contribution < 1.29 is 0 Å². The van der Waals surface area contributed by atoms with Crippen molar-refractivity contribution in [1.29, 1.82) is 0 Å². The third-order valence-electron chi connectivity index (χ3n) is 5.49. The minimum atomic E-state index is 0.903. The lowest BCUT2D eigenvalue weighted by Crippen LogP contribution is -1.89. The average molecular weight is 393 g/mol. The van der Waals surface area contributed by atoms with Crippen LogP contribution in [0.2, 0.25) is 0 Å². The quantitative estimate of drug-likeness (QED) is 0.461. The summed E-state index contributed by atoms with van der Waals surface area (Å²) in [7, 11) is 1.93. The monoisotopic (exact) mass is 393 g/mol. The Morgan fingerprint density at radius 2 is 1.87 bits per heavy atom. The van der Waals surface area contributed by atoms with Crippen molar-refractivity contribution >= 4 is 21.8 Å². The number of nitrogens with zero attached hydrogens (tertiary/aromatic N) is 5. The minimum Gasteiger partial charge on any atom is -0.353 e. The molecule has 7 heteroatoms. The molecule has 2 aromatic carbocycles. The predicted octanol–water partition coefficient (Wildman–Crippen LogP) is 4.61. The van der Waals surface area contributed by atoms with Crippen LogP contribution in [0.15, 0.2) is 67.4 Å². The van der Waals surface area contributed by atoms with Crippen molar-refractivity contribution in [2.45, 2.75) is 6.92 Å². The molecule has 0 saturated heterocycles. The van der Waals surface area contributed by atoms with Crippen molar-refractivity contribution in [3.05, 3.63) is 73.1 Å². The van der Waals surface area contributed by atoms with Gasteiger partial charge >= 0.3 is 0 Å². The van der Waals surface area contributed by atoms with Crippen LogP contribution in [0.1, 0.15) is 5.69 Å². The van der Waals surface area contributed by atoms with E-state index in [2.05, 4.69) is 72.3 Å². The van der Waals surface area contributed by atoms with E-state index in [0.717, 1.165) is 55.7 Å². The molecule has 0 bridgehead atoms. The van der Waals surface area contributed by atoms with Gasteiger partial charge in [-0.15, -0.1) is 0 Å². The fraction of sp³-hybridized carbons (Fsp3) is 0.0870. The molecule has 4 aromatic heterocycles. The van der Waals surface area contributed by atoms with Gasteiger partial charge in [0.1, 0.15) is 5.69 Å². The van der Waals surface area contributed by atoms with Crippen LogP contribution in [0.5, 0.6) is 0 Å². The SMILES string of the molecule is Cc1cn(-c2cccc3[nH]c(-c4n[nH]c5ccc(-c6cnn(C)c6)cc45)cc23)cn1. The van der Waals surface area contributed by atoms with Crippen molar-refractivity contribution in [2.24, 2.45) is 7.05 Å². The first-order valence-electron chi connectivity index (χ1n) is 9.76. The number of hydrogen-bond acceptors (Lipinski definition) is 3. The number of imidazole rings is 1. The molecule has 146 valence electrons. The van der Waals surface area contributed by atoms with Crippen LogP contribution in [0.3, 0.4) is 0 Å². The van der Waals surface area contributed by atoms with Crippen LogP contribution in [-0.4, -0.2) is 34.5 Å². The number of fused-ring (bicyclic) bond motifs is 2. The van der Waals surface area contributed by atoms with Crippen LogP contribution < -0.4 is 0 Å². The number of aromatic amines is 2. The Labute approximate surface area is 172 Å². The maximum atomic E-state index is 4.61. The van der Waals surface area contributed by atoms with E-state index in [-0.39, 0.29) is 0 Å². The predicted molar refractivity (Wildman–Crippen MR) is 117 cm³/mol. The summed E-state index contributed by atoms with van der Waals surface area (Å²) in [5.74, 6) is 0. The zero-order valence-electron chi connectivity index (χ0n) is 16.6. The number of aromatic nitrogens is 7. The van der Waals surface area contributed by atoms with Crippen LogP contribution in [0.4, 0.5) is 0 Å². The van der Waals surface area contributed by atoms with Crippen molar-refractivity contribution in [1.82, 2.24) is 34.5 Å². The Morgan fingerprint density at radius 3 is 2.67 bits per heavy atom. The molecule has 0 radical (unpaired) electrons. The van der Waals surface area contributed by atoms with Gasteiger partial charge in [0.25, 0.3) is 0 Å². The summed E-state index contributed by atoms with van der Waals surface area (Å²) < 4.78 is 3.87. The van der Waals surface area contributed by atoms with Gasteiger partial charge in [0.05, 0.1) is 35.1 Å². The molecular formula is C23H19N7. The topological polar surface area (TPSA) is 80.1 Å². The molecule has 7 nitrogen and oxygen atoms in total. The van der Waals surface area contributed by atoms with Crippen LogP contribution in [0, 0.1) is 6.92 Å². The minimum absolute atomic E-state index is 0.903. The van der Waals surface area contributed by atoms with Crippen molar-refractivity contribution in [2.75, 3.05) is 0 Å². The molecule has 0 spiro atoms. The highest BCUT2D eigenvalue weighted by atomic mass is 15.2. The van der Waals surface area contributed by atoms with Gasteiger partial charge < -0.3 is 9.55 Å². The lowest BCUT2D eigenvalue weighted by atomic mass is 10.1. The normalized spacial score (nSPS) is 11.7. The van der Waals surface area contributed by atoms with Gasteiger partial charge in [0.15, 0.2) is 0 Å². The first-order valence-corrected chi connectivity index (χ1v) is 9.76. The zero-order valence-corrected chi connectivity index (χ0v) is 16.6. The molecule has 0 aliphatic heterocycles. The first kappa shape index (κ1) is 16.8. The van der Waals surface area contributed by atoms with E-state index in [1.165, 1.54) is 0 Å². The number of rotatable bonds is 3. The third-order valence-corrected chi connectivity index (χ3v) is 5.49. The second kappa shape index (κ2) is 6.18. The molecule has 4 heterocycles. The van der Waals surface area contributed by atoms with Crippen LogP contribution >= 0.6 is 0 Å². The molecular weight excluding hydrogens is 374 g/mol. The van der Waals surface area contributed by atoms with Gasteiger partial charge in [-0.25, -0.2) is 4.98 Å². The highest BCUT2D eigenvalue weighted by Gasteiger charge is 2.14. The molecule has 0 aliphatic rings. The molecule has 6 rings (SSSR count). The molecule has 0 fully saturated rings. The summed E-state index contributed by atoms with van der Waals surface area (Å²) >= 11 is 0. The number of H-pyrrole nitrogens is 2. The lowest BCUT2D eigenvalue weighted by molar-refractivity contribution is 0.768. The highest BCUT2D eigenvalue weighted by molar-refractivity contribution is 5.99. The first-order chi connectivity index (χ1) is 14.7. The van der Waals surface area contributed by atoms with Crippen LogP contribution in [-0.2, 0) is 7.05 Å². The summed E-state index contributed by atoms with van der Waals surface area (Å²) in [5.41, 5.74) is 8.22. The number of aryl methyl sites for hydroxylation is 2. The van der Waals surface area contributed by atoms with Gasteiger partial charge in [-0.1, -0.05) is 12.1 Å². The largest absolute Gasteiger partial charge is 0.353 e. The van der Waals surface area contributed by atoms with E-state index in [1.807, 2.05) is 43.6 Å². The van der Waals surface area contributed by atoms with Gasteiger partial charge in [-0.2, -0.15) is 10.2 Å². The molecule has 0 saturated carbocycles. The van der Waals surface area contributed by atoms with Crippen molar-refractivity contribution in [3.63, 3.8) is 0 Å². The Balaban J connectivity index is 1.52. The fourth-order valence-electron chi connectivity index (χ4n) is 4.01. The number of benzene rings is 2. The summed E-state index contributed by atoms with van der Waals surface area (Å²) in [5, 5.41) is 14.3. The Hall–Kier alpha value is -4.13. The smallest absolute Gasteiger partial charge is 0.116 e. The molecule has 0 aliphatic carbocycles. The summed E-state index contributed by atoms with van der Waals surface area (Å²) in [6, 6.07) is 14.7. The molecule has 2 N–H and O–H groups in total. The summed E-state index contributed by atoms with van der Waals surface area (Å²) in [6.07, 6.45) is 7.78. The standard InChI is InChI=1S/C23H19N7/c1-14-11-30(13-24-14)22-5-3-4-19-17(22)9-21(26-19)23-18-8-15(6-7-20(18)27-28-23)16-10-25-29(2)12-16/h3-13,26H,1-2H3,(H,27,28). The summed E-state index contributed by atoms with van der Waals surface area (Å²) in [4.78, 5) is 7.90. The fourth-order valence-corrected chi connectivity index (χ4v) is 4.01.